The van der Waals surface area contributed by atoms with Crippen LogP contribution in [-0.4, -0.2) is 129 Å². The molecule has 36 heavy (non-hydrogen) atoms. The molecule has 0 spiro atoms. The lowest BCUT2D eigenvalue weighted by atomic mass is 10.00. The van der Waals surface area contributed by atoms with Crippen molar-refractivity contribution >= 4 is 35.8 Å². The molecule has 0 aromatic heterocycles. The van der Waals surface area contributed by atoms with Crippen molar-refractivity contribution in [2.45, 2.75) is 72.2 Å². The van der Waals surface area contributed by atoms with Gasteiger partial charge in [-0.2, -0.15) is 0 Å². The van der Waals surface area contributed by atoms with E-state index in [1.165, 1.54) is 0 Å². The molecular formula is C18H36O18. The number of carbonyl (C=O) groups is 6. The van der Waals surface area contributed by atoms with E-state index in [0.717, 1.165) is 41.5 Å². The lowest BCUT2D eigenvalue weighted by Crippen LogP contribution is -2.58. The molecule has 1 unspecified atom stereocenters. The summed E-state index contributed by atoms with van der Waals surface area (Å²) >= 11 is 0. The highest BCUT2D eigenvalue weighted by molar-refractivity contribution is 5.64. The first-order chi connectivity index (χ1) is 16.0. The minimum absolute atomic E-state index is 0.526. The van der Waals surface area contributed by atoms with E-state index in [2.05, 4.69) is 4.74 Å². The Balaban J connectivity index is -0.0000000797. The van der Waals surface area contributed by atoms with Crippen molar-refractivity contribution in [1.29, 1.82) is 0 Å². The average molecular weight is 540 g/mol. The maximum absolute atomic E-state index is 9.12. The van der Waals surface area contributed by atoms with Crippen LogP contribution in [0.15, 0.2) is 0 Å². The second-order valence-corrected chi connectivity index (χ2v) is 5.83. The Morgan fingerprint density at radius 3 is 0.861 bits per heavy atom. The third-order valence-electron chi connectivity index (χ3n) is 1.87. The Labute approximate surface area is 205 Å². The van der Waals surface area contributed by atoms with Crippen LogP contribution < -0.4 is 0 Å². The van der Waals surface area contributed by atoms with Gasteiger partial charge >= 0.3 is 0 Å². The smallest absolute Gasteiger partial charge is 0.300 e. The normalized spacial score (nSPS) is 20.6. The topological polar surface area (TPSA) is 334 Å². The fourth-order valence-corrected chi connectivity index (χ4v) is 1.08. The van der Waals surface area contributed by atoms with E-state index in [9.17, 15) is 0 Å². The molecule has 1 fully saturated rings. The molecule has 0 aliphatic carbocycles. The molecule has 1 aliphatic heterocycles. The first kappa shape index (κ1) is 46.0. The Morgan fingerprint density at radius 2 is 0.694 bits per heavy atom. The van der Waals surface area contributed by atoms with Crippen LogP contribution in [0.25, 0.3) is 0 Å². The Morgan fingerprint density at radius 1 is 0.500 bits per heavy atom. The van der Waals surface area contributed by atoms with E-state index in [4.69, 9.17) is 84.9 Å². The van der Waals surface area contributed by atoms with Gasteiger partial charge in [0, 0.05) is 41.5 Å². The molecule has 0 saturated carbocycles. The summed E-state index contributed by atoms with van der Waals surface area (Å²) in [7, 11) is 0. The fourth-order valence-electron chi connectivity index (χ4n) is 1.08. The first-order valence-corrected chi connectivity index (χ1v) is 9.13. The van der Waals surface area contributed by atoms with Crippen LogP contribution in [0.1, 0.15) is 41.5 Å². The Hall–Kier alpha value is -3.42. The van der Waals surface area contributed by atoms with Gasteiger partial charge < -0.3 is 60.9 Å². The first-order valence-electron chi connectivity index (χ1n) is 9.13. The van der Waals surface area contributed by atoms with Crippen LogP contribution in [0.3, 0.4) is 0 Å². The largest absolute Gasteiger partial charge is 0.481 e. The summed E-state index contributed by atoms with van der Waals surface area (Å²) in [5, 5.41) is 89.2. The Kier molecular flexibility index (Phi) is 37.8. The zero-order chi connectivity index (χ0) is 30.8. The van der Waals surface area contributed by atoms with Gasteiger partial charge in [-0.15, -0.1) is 0 Å². The van der Waals surface area contributed by atoms with Crippen molar-refractivity contribution in [2.75, 3.05) is 6.61 Å². The molecule has 5 atom stereocenters. The molecule has 18 nitrogen and oxygen atoms in total. The SMILES string of the molecule is CC(=O)O.CC(=O)O.CC(=O)O.CC(=O)O.CC(=O)O.CC(=O)O.OC[C@H]1OC(O)[C@H](O)[C@@H](O)[C@@H]1O. The van der Waals surface area contributed by atoms with E-state index in [-0.39, 0.29) is 0 Å². The summed E-state index contributed by atoms with van der Waals surface area (Å²) in [6.07, 6.45) is -7.04. The Bertz CT molecular complexity index is 497. The monoisotopic (exact) mass is 540 g/mol. The summed E-state index contributed by atoms with van der Waals surface area (Å²) in [5.41, 5.74) is 0. The average Bonchev–Trinajstić information content (AvgIpc) is 2.60. The molecule has 0 bridgehead atoms. The number of aliphatic carboxylic acids is 6. The van der Waals surface area contributed by atoms with Crippen molar-refractivity contribution in [3.8, 4) is 0 Å². The van der Waals surface area contributed by atoms with Crippen LogP contribution in [0.5, 0.6) is 0 Å². The molecule has 0 radical (unpaired) electrons. The van der Waals surface area contributed by atoms with Gasteiger partial charge in [0.25, 0.3) is 35.8 Å². The molecule has 1 heterocycles. The van der Waals surface area contributed by atoms with Crippen molar-refractivity contribution < 1.29 is 89.7 Å². The van der Waals surface area contributed by atoms with Crippen molar-refractivity contribution in [3.63, 3.8) is 0 Å². The van der Waals surface area contributed by atoms with E-state index in [1.54, 1.807) is 0 Å². The fraction of sp³-hybridized carbons (Fsp3) is 0.667. The van der Waals surface area contributed by atoms with Gasteiger partial charge in [0.05, 0.1) is 6.61 Å². The minimum Gasteiger partial charge on any atom is -0.481 e. The molecule has 18 heteroatoms. The molecule has 216 valence electrons. The summed E-state index contributed by atoms with van der Waals surface area (Å²) in [5.74, 6) is -5.00. The molecule has 0 aromatic carbocycles. The van der Waals surface area contributed by atoms with Gasteiger partial charge in [-0.25, -0.2) is 0 Å². The highest BCUT2D eigenvalue weighted by Gasteiger charge is 2.42. The zero-order valence-corrected chi connectivity index (χ0v) is 20.4. The number of rotatable bonds is 1. The van der Waals surface area contributed by atoms with Gasteiger partial charge in [-0.05, 0) is 0 Å². The third kappa shape index (κ3) is 77.5. The molecule has 0 amide bonds. The maximum Gasteiger partial charge on any atom is 0.300 e. The van der Waals surface area contributed by atoms with Crippen molar-refractivity contribution in [1.82, 2.24) is 0 Å². The number of hydrogen-bond acceptors (Lipinski definition) is 12. The van der Waals surface area contributed by atoms with Crippen LogP contribution in [0, 0.1) is 0 Å². The second kappa shape index (κ2) is 29.6. The third-order valence-corrected chi connectivity index (χ3v) is 1.87. The van der Waals surface area contributed by atoms with Gasteiger partial charge in [0.15, 0.2) is 6.29 Å². The zero-order valence-electron chi connectivity index (χ0n) is 20.4. The van der Waals surface area contributed by atoms with Crippen LogP contribution in [0.4, 0.5) is 0 Å². The second-order valence-electron chi connectivity index (χ2n) is 5.83. The van der Waals surface area contributed by atoms with Gasteiger partial charge in [-0.1, -0.05) is 0 Å². The van der Waals surface area contributed by atoms with Crippen LogP contribution in [-0.2, 0) is 33.5 Å². The quantitative estimate of drug-likeness (QED) is 0.161. The molecule has 11 N–H and O–H groups in total. The molecule has 1 aliphatic rings. The van der Waals surface area contributed by atoms with E-state index in [1.807, 2.05) is 0 Å². The predicted octanol–water partition coefficient (Wildman–Crippen LogP) is -2.68. The maximum atomic E-state index is 9.12. The summed E-state index contributed by atoms with van der Waals surface area (Å²) in [6, 6.07) is 0. The number of carboxylic acids is 6. The summed E-state index contributed by atoms with van der Waals surface area (Å²) in [4.78, 5) is 54.0. The van der Waals surface area contributed by atoms with Crippen LogP contribution >= 0.6 is 0 Å². The van der Waals surface area contributed by atoms with Gasteiger partial charge in [0.1, 0.15) is 24.4 Å². The van der Waals surface area contributed by atoms with E-state index in [0.29, 0.717) is 0 Å². The molecule has 0 aromatic rings. The van der Waals surface area contributed by atoms with Gasteiger partial charge in [0.2, 0.25) is 0 Å². The summed E-state index contributed by atoms with van der Waals surface area (Å²) in [6.45, 7) is 5.97. The number of aliphatic hydroxyl groups excluding tert-OH is 5. The number of ether oxygens (including phenoxy) is 1. The molecule has 1 saturated heterocycles. The number of hydrogen-bond donors (Lipinski definition) is 11. The predicted molar refractivity (Wildman–Crippen MR) is 116 cm³/mol. The highest BCUT2D eigenvalue weighted by Crippen LogP contribution is 2.18. The molecule has 1 rings (SSSR count). The minimum atomic E-state index is -1.57. The molecular weight excluding hydrogens is 504 g/mol. The number of carboxylic acid groups (broad SMARTS) is 6. The van der Waals surface area contributed by atoms with Crippen LogP contribution in [0.2, 0.25) is 0 Å². The van der Waals surface area contributed by atoms with E-state index < -0.39 is 73.1 Å². The van der Waals surface area contributed by atoms with Crippen molar-refractivity contribution in [2.24, 2.45) is 0 Å². The van der Waals surface area contributed by atoms with Gasteiger partial charge in [-0.3, -0.25) is 28.8 Å². The lowest BCUT2D eigenvalue weighted by Gasteiger charge is -2.37. The number of aliphatic hydroxyl groups is 5. The van der Waals surface area contributed by atoms with E-state index >= 15 is 0 Å². The summed E-state index contributed by atoms with van der Waals surface area (Å²) < 4.78 is 4.58. The standard InChI is InChI=1S/C6H12O6.6C2H4O2/c7-1-2-3(8)4(9)5(10)6(11)12-2;6*1-2(3)4/h2-11H,1H2;6*1H3,(H,3,4)/t2-,3-,4+,5-,6?;;;;;;/m1....../s1. The highest BCUT2D eigenvalue weighted by atomic mass is 16.6. The van der Waals surface area contributed by atoms with Crippen molar-refractivity contribution in [3.05, 3.63) is 0 Å². The lowest BCUT2D eigenvalue weighted by molar-refractivity contribution is -0.286.